The lowest BCUT2D eigenvalue weighted by Crippen LogP contribution is -2.26. The summed E-state index contributed by atoms with van der Waals surface area (Å²) in [7, 11) is 1.66. The normalized spacial score (nSPS) is 16.5. The third-order valence-electron chi connectivity index (χ3n) is 4.66. The number of amides is 1. The van der Waals surface area contributed by atoms with Gasteiger partial charge in [0, 0.05) is 23.9 Å². The minimum Gasteiger partial charge on any atom is -0.496 e. The number of hydrogen-bond acceptors (Lipinski definition) is 4. The van der Waals surface area contributed by atoms with Crippen molar-refractivity contribution in [2.45, 2.75) is 19.3 Å². The maximum absolute atomic E-state index is 12.5. The molecule has 0 bridgehead atoms. The highest BCUT2D eigenvalue weighted by Gasteiger charge is 2.28. The van der Waals surface area contributed by atoms with Crippen molar-refractivity contribution in [2.75, 3.05) is 13.7 Å². The Hall–Kier alpha value is -3.15. The highest BCUT2D eigenvalue weighted by Crippen LogP contribution is 2.31. The minimum atomic E-state index is -0.160. The summed E-state index contributed by atoms with van der Waals surface area (Å²) in [4.78, 5) is 24.8. The van der Waals surface area contributed by atoms with Crippen LogP contribution in [0.4, 0.5) is 0 Å². The number of aromatic nitrogens is 3. The van der Waals surface area contributed by atoms with E-state index in [1.165, 1.54) is 0 Å². The van der Waals surface area contributed by atoms with E-state index in [1.807, 2.05) is 49.4 Å². The molecule has 1 amide bonds. The van der Waals surface area contributed by atoms with Gasteiger partial charge in [0.2, 0.25) is 0 Å². The number of pyridine rings is 1. The number of rotatable bonds is 3. The van der Waals surface area contributed by atoms with Crippen LogP contribution in [0.15, 0.2) is 42.5 Å². The van der Waals surface area contributed by atoms with E-state index < -0.39 is 0 Å². The summed E-state index contributed by atoms with van der Waals surface area (Å²) in [6.07, 6.45) is 0.674. The van der Waals surface area contributed by atoms with E-state index in [0.29, 0.717) is 24.5 Å². The van der Waals surface area contributed by atoms with E-state index in [0.717, 1.165) is 28.4 Å². The van der Waals surface area contributed by atoms with Crippen molar-refractivity contribution < 1.29 is 9.53 Å². The van der Waals surface area contributed by atoms with Crippen molar-refractivity contribution in [2.24, 2.45) is 0 Å². The molecule has 1 aromatic carbocycles. The first-order valence-electron chi connectivity index (χ1n) is 8.59. The van der Waals surface area contributed by atoms with Gasteiger partial charge in [-0.25, -0.2) is 9.97 Å². The monoisotopic (exact) mass is 348 g/mol. The Labute approximate surface area is 151 Å². The number of H-pyrrole nitrogens is 1. The first-order chi connectivity index (χ1) is 12.7. The van der Waals surface area contributed by atoms with Crippen LogP contribution in [-0.2, 0) is 6.42 Å². The molecule has 2 aromatic heterocycles. The van der Waals surface area contributed by atoms with Crippen LogP contribution in [0.25, 0.3) is 11.5 Å². The van der Waals surface area contributed by atoms with Gasteiger partial charge in [0.05, 0.1) is 7.11 Å². The maximum Gasteiger partial charge on any atom is 0.271 e. The van der Waals surface area contributed by atoms with Crippen molar-refractivity contribution in [3.63, 3.8) is 0 Å². The fourth-order valence-electron chi connectivity index (χ4n) is 3.38. The molecule has 6 heteroatoms. The van der Waals surface area contributed by atoms with Crippen LogP contribution in [0.2, 0.25) is 0 Å². The minimum absolute atomic E-state index is 0.107. The molecule has 0 spiro atoms. The predicted molar refractivity (Wildman–Crippen MR) is 98.3 cm³/mol. The lowest BCUT2D eigenvalue weighted by Gasteiger charge is -2.17. The molecule has 1 aliphatic rings. The number of fused-ring (bicyclic) bond motifs is 1. The van der Waals surface area contributed by atoms with Crippen molar-refractivity contribution >= 4 is 5.91 Å². The third kappa shape index (κ3) is 2.94. The van der Waals surface area contributed by atoms with Gasteiger partial charge in [-0.2, -0.15) is 0 Å². The average Bonchev–Trinajstić information content (AvgIpc) is 3.02. The van der Waals surface area contributed by atoms with Crippen LogP contribution in [0.3, 0.4) is 0 Å². The SMILES string of the molecule is COc1ccccc1C1CNC(=O)c2nc(-c3cccc(C)n3)[nH]c2C1. The Balaban J connectivity index is 1.72. The summed E-state index contributed by atoms with van der Waals surface area (Å²) in [5.74, 6) is 1.40. The average molecular weight is 348 g/mol. The second-order valence-corrected chi connectivity index (χ2v) is 6.43. The molecule has 1 aliphatic heterocycles. The number of aryl methyl sites for hydroxylation is 1. The van der Waals surface area contributed by atoms with Gasteiger partial charge in [-0.15, -0.1) is 0 Å². The first-order valence-corrected chi connectivity index (χ1v) is 8.59. The van der Waals surface area contributed by atoms with Crippen LogP contribution >= 0.6 is 0 Å². The predicted octanol–water partition coefficient (Wildman–Crippen LogP) is 2.86. The summed E-state index contributed by atoms with van der Waals surface area (Å²) in [6, 6.07) is 13.7. The van der Waals surface area contributed by atoms with Crippen molar-refractivity contribution in [3.8, 4) is 17.3 Å². The number of nitrogens with one attached hydrogen (secondary N) is 2. The standard InChI is InChI=1S/C20H20N4O2/c1-12-6-5-8-15(22-12)19-23-16-10-13(11-21-20(25)18(16)24-19)14-7-3-4-9-17(14)26-2/h3-9,13H,10-11H2,1-2H3,(H,21,25)(H,23,24). The van der Waals surface area contributed by atoms with Gasteiger partial charge in [-0.1, -0.05) is 24.3 Å². The first kappa shape index (κ1) is 16.3. The van der Waals surface area contributed by atoms with Gasteiger partial charge in [0.1, 0.15) is 17.1 Å². The van der Waals surface area contributed by atoms with E-state index in [9.17, 15) is 4.79 Å². The Morgan fingerprint density at radius 2 is 1.96 bits per heavy atom. The largest absolute Gasteiger partial charge is 0.496 e. The van der Waals surface area contributed by atoms with Crippen LogP contribution < -0.4 is 10.1 Å². The zero-order valence-electron chi connectivity index (χ0n) is 14.7. The summed E-state index contributed by atoms with van der Waals surface area (Å²) in [5, 5.41) is 2.98. The highest BCUT2D eigenvalue weighted by molar-refractivity contribution is 5.94. The van der Waals surface area contributed by atoms with E-state index in [2.05, 4.69) is 20.3 Å². The second-order valence-electron chi connectivity index (χ2n) is 6.43. The van der Waals surface area contributed by atoms with Crippen molar-refractivity contribution in [1.29, 1.82) is 0 Å². The zero-order valence-corrected chi connectivity index (χ0v) is 14.7. The number of nitrogens with zero attached hydrogens (tertiary/aromatic N) is 2. The molecule has 0 radical (unpaired) electrons. The summed E-state index contributed by atoms with van der Waals surface area (Å²) >= 11 is 0. The molecule has 0 saturated carbocycles. The zero-order chi connectivity index (χ0) is 18.1. The van der Waals surface area contributed by atoms with E-state index in [4.69, 9.17) is 4.74 Å². The molecule has 0 saturated heterocycles. The number of benzene rings is 1. The topological polar surface area (TPSA) is 79.9 Å². The number of carbonyl (C=O) groups excluding carboxylic acids is 1. The van der Waals surface area contributed by atoms with Gasteiger partial charge >= 0.3 is 0 Å². The molecular weight excluding hydrogens is 328 g/mol. The van der Waals surface area contributed by atoms with Gasteiger partial charge in [0.25, 0.3) is 5.91 Å². The van der Waals surface area contributed by atoms with Gasteiger partial charge < -0.3 is 15.0 Å². The van der Waals surface area contributed by atoms with Crippen molar-refractivity contribution in [3.05, 3.63) is 65.1 Å². The summed E-state index contributed by atoms with van der Waals surface area (Å²) < 4.78 is 5.49. The van der Waals surface area contributed by atoms with Crippen LogP contribution in [0.5, 0.6) is 5.75 Å². The molecule has 4 rings (SSSR count). The third-order valence-corrected chi connectivity index (χ3v) is 4.66. The lowest BCUT2D eigenvalue weighted by molar-refractivity contribution is 0.0950. The second kappa shape index (κ2) is 6.63. The molecule has 1 unspecified atom stereocenters. The number of imidazole rings is 1. The van der Waals surface area contributed by atoms with E-state index in [-0.39, 0.29) is 11.8 Å². The Bertz CT molecular complexity index is 964. The maximum atomic E-state index is 12.5. The van der Waals surface area contributed by atoms with E-state index in [1.54, 1.807) is 7.11 Å². The van der Waals surface area contributed by atoms with Crippen LogP contribution in [0.1, 0.15) is 33.4 Å². The molecule has 6 nitrogen and oxygen atoms in total. The molecule has 26 heavy (non-hydrogen) atoms. The Morgan fingerprint density at radius 3 is 2.77 bits per heavy atom. The van der Waals surface area contributed by atoms with Crippen LogP contribution in [-0.4, -0.2) is 34.5 Å². The lowest BCUT2D eigenvalue weighted by atomic mass is 9.93. The van der Waals surface area contributed by atoms with Gasteiger partial charge in [-0.3, -0.25) is 4.79 Å². The molecular formula is C20H20N4O2. The smallest absolute Gasteiger partial charge is 0.271 e. The van der Waals surface area contributed by atoms with Gasteiger partial charge in [0.15, 0.2) is 5.82 Å². The number of methoxy groups -OCH3 is 1. The van der Waals surface area contributed by atoms with E-state index >= 15 is 0 Å². The molecule has 2 N–H and O–H groups in total. The molecule has 132 valence electrons. The number of hydrogen-bond donors (Lipinski definition) is 2. The summed E-state index contributed by atoms with van der Waals surface area (Å²) in [5.41, 5.74) is 3.99. The fourth-order valence-corrected chi connectivity index (χ4v) is 3.38. The van der Waals surface area contributed by atoms with Crippen molar-refractivity contribution in [1.82, 2.24) is 20.3 Å². The molecule has 0 aliphatic carbocycles. The number of para-hydroxylation sites is 1. The number of aromatic amines is 1. The molecule has 3 heterocycles. The summed E-state index contributed by atoms with van der Waals surface area (Å²) in [6.45, 7) is 2.48. The molecule has 0 fully saturated rings. The number of carbonyl (C=O) groups is 1. The quantitative estimate of drug-likeness (QED) is 0.763. The van der Waals surface area contributed by atoms with Gasteiger partial charge in [-0.05, 0) is 37.1 Å². The fraction of sp³-hybridized carbons (Fsp3) is 0.250. The Morgan fingerprint density at radius 1 is 1.12 bits per heavy atom. The highest BCUT2D eigenvalue weighted by atomic mass is 16.5. The molecule has 3 aromatic rings. The number of ether oxygens (including phenoxy) is 1. The Kier molecular flexibility index (Phi) is 4.16. The molecule has 1 atom stereocenters. The van der Waals surface area contributed by atoms with Crippen LogP contribution in [0, 0.1) is 6.92 Å².